The van der Waals surface area contributed by atoms with Crippen LogP contribution in [0.25, 0.3) is 0 Å². The van der Waals surface area contributed by atoms with Gasteiger partial charge in [-0.05, 0) is 31.6 Å². The van der Waals surface area contributed by atoms with Gasteiger partial charge in [0, 0.05) is 33.2 Å². The van der Waals surface area contributed by atoms with E-state index in [1.807, 2.05) is 4.90 Å². The van der Waals surface area contributed by atoms with Crippen molar-refractivity contribution in [1.82, 2.24) is 4.90 Å². The van der Waals surface area contributed by atoms with Crippen LogP contribution in [0.15, 0.2) is 0 Å². The molecule has 2 saturated heterocycles. The van der Waals surface area contributed by atoms with E-state index >= 15 is 0 Å². The average Bonchev–Trinajstić information content (AvgIpc) is 3.17. The van der Waals surface area contributed by atoms with E-state index in [2.05, 4.69) is 0 Å². The first kappa shape index (κ1) is 15.3. The van der Waals surface area contributed by atoms with Crippen molar-refractivity contribution in [2.75, 3.05) is 26.8 Å². The third-order valence-corrected chi connectivity index (χ3v) is 5.79. The second kappa shape index (κ2) is 6.66. The fourth-order valence-corrected chi connectivity index (χ4v) is 4.41. The van der Waals surface area contributed by atoms with Crippen molar-refractivity contribution in [3.63, 3.8) is 0 Å². The van der Waals surface area contributed by atoms with Crippen LogP contribution in [0.4, 0.5) is 0 Å². The van der Waals surface area contributed by atoms with Crippen molar-refractivity contribution in [1.29, 1.82) is 0 Å². The van der Waals surface area contributed by atoms with E-state index < -0.39 is 0 Å². The van der Waals surface area contributed by atoms with Gasteiger partial charge in [0.1, 0.15) is 6.10 Å². The lowest BCUT2D eigenvalue weighted by Crippen LogP contribution is -2.57. The summed E-state index contributed by atoms with van der Waals surface area (Å²) >= 11 is 0. The standard InChI is InChI=1S/C17H29NO3/c1-20-15-13-18(11-10-17(15)9-4-12-21-17)16(19)8-7-14-5-2-3-6-14/h14-15H,2-13H2,1H3/t15-,17-/m0/s1. The highest BCUT2D eigenvalue weighted by Gasteiger charge is 2.47. The molecular weight excluding hydrogens is 266 g/mol. The average molecular weight is 295 g/mol. The summed E-state index contributed by atoms with van der Waals surface area (Å²) in [5.74, 6) is 1.11. The van der Waals surface area contributed by atoms with Crippen molar-refractivity contribution in [2.24, 2.45) is 5.92 Å². The third-order valence-electron chi connectivity index (χ3n) is 5.79. The van der Waals surface area contributed by atoms with E-state index in [0.717, 1.165) is 51.2 Å². The van der Waals surface area contributed by atoms with E-state index in [1.165, 1.54) is 25.7 Å². The van der Waals surface area contributed by atoms with Crippen molar-refractivity contribution < 1.29 is 14.3 Å². The highest BCUT2D eigenvalue weighted by Crippen LogP contribution is 2.37. The number of methoxy groups -OCH3 is 1. The van der Waals surface area contributed by atoms with Gasteiger partial charge in [-0.1, -0.05) is 25.7 Å². The molecule has 120 valence electrons. The Morgan fingerprint density at radius 1 is 1.29 bits per heavy atom. The van der Waals surface area contributed by atoms with Crippen LogP contribution < -0.4 is 0 Å². The summed E-state index contributed by atoms with van der Waals surface area (Å²) in [6, 6.07) is 0. The number of likely N-dealkylation sites (tertiary alicyclic amines) is 1. The van der Waals surface area contributed by atoms with Crippen LogP contribution in [0.3, 0.4) is 0 Å². The summed E-state index contributed by atoms with van der Waals surface area (Å²) in [6.07, 6.45) is 10.3. The Labute approximate surface area is 128 Å². The zero-order chi connectivity index (χ0) is 14.7. The van der Waals surface area contributed by atoms with Gasteiger partial charge in [0.2, 0.25) is 5.91 Å². The van der Waals surface area contributed by atoms with Crippen molar-refractivity contribution >= 4 is 5.91 Å². The molecule has 2 atom stereocenters. The Hall–Kier alpha value is -0.610. The maximum Gasteiger partial charge on any atom is 0.222 e. The molecule has 4 nitrogen and oxygen atoms in total. The SMILES string of the molecule is CO[C@H]1CN(C(=O)CCC2CCCC2)CC[C@@]12CCCO2. The first-order valence-electron chi connectivity index (χ1n) is 8.68. The predicted octanol–water partition coefficient (Wildman–Crippen LogP) is 2.75. The smallest absolute Gasteiger partial charge is 0.222 e. The maximum absolute atomic E-state index is 12.4. The summed E-state index contributed by atoms with van der Waals surface area (Å²) in [6.45, 7) is 2.39. The highest BCUT2D eigenvalue weighted by atomic mass is 16.5. The first-order chi connectivity index (χ1) is 10.2. The minimum Gasteiger partial charge on any atom is -0.377 e. The van der Waals surface area contributed by atoms with Crippen LogP contribution in [-0.2, 0) is 14.3 Å². The fraction of sp³-hybridized carbons (Fsp3) is 0.941. The Kier molecular flexibility index (Phi) is 4.85. The van der Waals surface area contributed by atoms with Gasteiger partial charge in [0.25, 0.3) is 0 Å². The summed E-state index contributed by atoms with van der Waals surface area (Å²) < 4.78 is 11.7. The molecular formula is C17H29NO3. The highest BCUT2D eigenvalue weighted by molar-refractivity contribution is 5.76. The van der Waals surface area contributed by atoms with E-state index in [4.69, 9.17) is 9.47 Å². The molecule has 1 spiro atoms. The maximum atomic E-state index is 12.4. The number of nitrogens with zero attached hydrogens (tertiary/aromatic N) is 1. The molecule has 3 rings (SSSR count). The largest absolute Gasteiger partial charge is 0.377 e. The van der Waals surface area contributed by atoms with Crippen molar-refractivity contribution in [2.45, 2.75) is 69.5 Å². The third kappa shape index (κ3) is 3.26. The van der Waals surface area contributed by atoms with Crippen molar-refractivity contribution in [3.05, 3.63) is 0 Å². The summed E-state index contributed by atoms with van der Waals surface area (Å²) in [5, 5.41) is 0. The molecule has 1 amide bonds. The predicted molar refractivity (Wildman–Crippen MR) is 81.1 cm³/mol. The van der Waals surface area contributed by atoms with Gasteiger partial charge in [0.15, 0.2) is 0 Å². The second-order valence-electron chi connectivity index (χ2n) is 7.02. The number of carbonyl (C=O) groups is 1. The number of amides is 1. The van der Waals surface area contributed by atoms with Crippen LogP contribution >= 0.6 is 0 Å². The lowest BCUT2D eigenvalue weighted by molar-refractivity contribution is -0.158. The zero-order valence-corrected chi connectivity index (χ0v) is 13.3. The van der Waals surface area contributed by atoms with Gasteiger partial charge in [-0.15, -0.1) is 0 Å². The number of piperidine rings is 1. The molecule has 0 N–H and O–H groups in total. The molecule has 3 aliphatic rings. The Bertz CT molecular complexity index is 359. The number of ether oxygens (including phenoxy) is 2. The number of carbonyl (C=O) groups excluding carboxylic acids is 1. The summed E-state index contributed by atoms with van der Waals surface area (Å²) in [4.78, 5) is 14.5. The second-order valence-corrected chi connectivity index (χ2v) is 7.02. The molecule has 4 heteroatoms. The number of rotatable bonds is 4. The molecule has 1 aliphatic carbocycles. The Morgan fingerprint density at radius 3 is 2.76 bits per heavy atom. The van der Waals surface area contributed by atoms with E-state index in [0.29, 0.717) is 12.5 Å². The molecule has 0 unspecified atom stereocenters. The molecule has 0 radical (unpaired) electrons. The molecule has 0 aromatic heterocycles. The van der Waals surface area contributed by atoms with Gasteiger partial charge in [0.05, 0.1) is 5.60 Å². The van der Waals surface area contributed by atoms with Gasteiger partial charge < -0.3 is 14.4 Å². The summed E-state index contributed by atoms with van der Waals surface area (Å²) in [7, 11) is 1.75. The van der Waals surface area contributed by atoms with Crippen LogP contribution in [0.1, 0.15) is 57.8 Å². The fourth-order valence-electron chi connectivity index (χ4n) is 4.41. The van der Waals surface area contributed by atoms with Gasteiger partial charge in [-0.25, -0.2) is 0 Å². The van der Waals surface area contributed by atoms with Crippen LogP contribution in [0, 0.1) is 5.92 Å². The minimum absolute atomic E-state index is 0.0455. The lowest BCUT2D eigenvalue weighted by Gasteiger charge is -2.44. The van der Waals surface area contributed by atoms with Crippen molar-refractivity contribution in [3.8, 4) is 0 Å². The molecule has 21 heavy (non-hydrogen) atoms. The topological polar surface area (TPSA) is 38.8 Å². The van der Waals surface area contributed by atoms with E-state index in [-0.39, 0.29) is 11.7 Å². The van der Waals surface area contributed by atoms with Crippen LogP contribution in [-0.4, -0.2) is 49.3 Å². The molecule has 0 bridgehead atoms. The van der Waals surface area contributed by atoms with E-state index in [1.54, 1.807) is 7.11 Å². The molecule has 0 aromatic rings. The normalized spacial score (nSPS) is 34.0. The molecule has 3 fully saturated rings. The Morgan fingerprint density at radius 2 is 2.10 bits per heavy atom. The van der Waals surface area contributed by atoms with Gasteiger partial charge >= 0.3 is 0 Å². The van der Waals surface area contributed by atoms with Crippen LogP contribution in [0.2, 0.25) is 0 Å². The number of hydrogen-bond acceptors (Lipinski definition) is 3. The first-order valence-corrected chi connectivity index (χ1v) is 8.68. The molecule has 2 aliphatic heterocycles. The monoisotopic (exact) mass is 295 g/mol. The zero-order valence-electron chi connectivity index (χ0n) is 13.3. The van der Waals surface area contributed by atoms with Gasteiger partial charge in [-0.3, -0.25) is 4.79 Å². The summed E-state index contributed by atoms with van der Waals surface area (Å²) in [5.41, 5.74) is -0.114. The lowest BCUT2D eigenvalue weighted by atomic mass is 9.85. The Balaban J connectivity index is 1.51. The number of hydrogen-bond donors (Lipinski definition) is 0. The van der Waals surface area contributed by atoms with Gasteiger partial charge in [-0.2, -0.15) is 0 Å². The van der Waals surface area contributed by atoms with Crippen LogP contribution in [0.5, 0.6) is 0 Å². The molecule has 1 saturated carbocycles. The quantitative estimate of drug-likeness (QED) is 0.800. The molecule has 2 heterocycles. The molecule has 0 aromatic carbocycles. The minimum atomic E-state index is -0.114. The van der Waals surface area contributed by atoms with E-state index in [9.17, 15) is 4.79 Å².